The third-order valence-corrected chi connectivity index (χ3v) is 10.5. The summed E-state index contributed by atoms with van der Waals surface area (Å²) in [5.74, 6) is 0.661. The first-order valence-corrected chi connectivity index (χ1v) is 16.8. The number of hydrogen-bond donors (Lipinski definition) is 4. The average molecular weight is 621 g/mol. The number of unbranched alkanes of at least 4 members (excludes halogenated alkanes) is 1. The summed E-state index contributed by atoms with van der Waals surface area (Å²) in [5, 5.41) is 16.0. The molecule has 5 N–H and O–H groups in total. The normalized spacial score (nSPS) is 27.6. The van der Waals surface area contributed by atoms with Gasteiger partial charge in [-0.2, -0.15) is 0 Å². The number of carbonyl (C=O) groups excluding carboxylic acids is 2. The van der Waals surface area contributed by atoms with E-state index in [1.54, 1.807) is 0 Å². The van der Waals surface area contributed by atoms with Crippen LogP contribution >= 0.6 is 0 Å². The Morgan fingerprint density at radius 3 is 2.45 bits per heavy atom. The highest BCUT2D eigenvalue weighted by molar-refractivity contribution is 6.48. The number of aliphatic imine (C=N–C) groups is 1. The van der Waals surface area contributed by atoms with E-state index in [0.29, 0.717) is 43.4 Å². The van der Waals surface area contributed by atoms with Crippen molar-refractivity contribution in [3.05, 3.63) is 10.1 Å². The molecule has 0 aromatic rings. The van der Waals surface area contributed by atoms with Gasteiger partial charge in [0.2, 0.25) is 11.8 Å². The van der Waals surface area contributed by atoms with Gasteiger partial charge in [-0.15, -0.1) is 0 Å². The molecule has 4 rings (SSSR count). The van der Waals surface area contributed by atoms with Crippen LogP contribution in [-0.4, -0.2) is 60.2 Å². The van der Waals surface area contributed by atoms with E-state index in [4.69, 9.17) is 15.0 Å². The van der Waals surface area contributed by atoms with Crippen LogP contribution in [0.3, 0.4) is 0 Å². The predicted octanol–water partition coefficient (Wildman–Crippen LogP) is 4.14. The maximum absolute atomic E-state index is 13.8. The van der Waals surface area contributed by atoms with Crippen LogP contribution < -0.4 is 21.8 Å². The molecular weight excluding hydrogens is 563 g/mol. The Labute approximate surface area is 264 Å². The molecule has 0 aromatic heterocycles. The zero-order valence-electron chi connectivity index (χ0n) is 28.0. The summed E-state index contributed by atoms with van der Waals surface area (Å²) < 4.78 is 13.2. The van der Waals surface area contributed by atoms with Gasteiger partial charge in [0, 0.05) is 13.0 Å². The van der Waals surface area contributed by atoms with Gasteiger partial charge >= 0.3 is 7.12 Å². The van der Waals surface area contributed by atoms with Crippen LogP contribution in [-0.2, 0) is 18.9 Å². The highest BCUT2D eigenvalue weighted by atomic mass is 16.7. The van der Waals surface area contributed by atoms with Crippen molar-refractivity contribution >= 4 is 24.9 Å². The van der Waals surface area contributed by atoms with E-state index in [2.05, 4.69) is 64.1 Å². The lowest BCUT2D eigenvalue weighted by Gasteiger charge is -2.64. The van der Waals surface area contributed by atoms with Gasteiger partial charge < -0.3 is 25.7 Å². The minimum Gasteiger partial charge on any atom is -0.404 e. The molecule has 4 fully saturated rings. The lowest BCUT2D eigenvalue weighted by Crippen LogP contribution is -2.65. The molecule has 7 atom stereocenters. The van der Waals surface area contributed by atoms with Crippen molar-refractivity contribution in [2.45, 2.75) is 143 Å². The fraction of sp³-hybridized carbons (Fsp3) is 0.903. The van der Waals surface area contributed by atoms with Gasteiger partial charge in [-0.3, -0.25) is 9.59 Å². The van der Waals surface area contributed by atoms with E-state index in [0.717, 1.165) is 44.9 Å². The number of hydrogen-bond acceptors (Lipinski definition) is 7. The molecular formula is C31H57BN6O6. The first-order chi connectivity index (χ1) is 20.7. The number of hydrazine groups is 1. The summed E-state index contributed by atoms with van der Waals surface area (Å²) in [7, 11) is -0.565. The average Bonchev–Trinajstić information content (AvgIpc) is 3.31. The monoisotopic (exact) mass is 620 g/mol. The van der Waals surface area contributed by atoms with Gasteiger partial charge in [-0.05, 0) is 74.5 Å². The van der Waals surface area contributed by atoms with Crippen LogP contribution in [0.1, 0.15) is 119 Å². The predicted molar refractivity (Wildman–Crippen MR) is 172 cm³/mol. The van der Waals surface area contributed by atoms with Crippen molar-refractivity contribution in [3.63, 3.8) is 0 Å². The van der Waals surface area contributed by atoms with Gasteiger partial charge in [-0.1, -0.05) is 72.7 Å². The van der Waals surface area contributed by atoms with Crippen molar-refractivity contribution in [3.8, 4) is 0 Å². The molecule has 1 aliphatic heterocycles. The molecule has 1 unspecified atom stereocenters. The van der Waals surface area contributed by atoms with Crippen LogP contribution in [0.5, 0.6) is 0 Å². The summed E-state index contributed by atoms with van der Waals surface area (Å²) in [5.41, 5.74) is 7.18. The second-order valence-corrected chi connectivity index (χ2v) is 14.4. The fourth-order valence-electron chi connectivity index (χ4n) is 7.64. The molecule has 13 heteroatoms. The molecule has 2 bridgehead atoms. The number of amides is 2. The van der Waals surface area contributed by atoms with Gasteiger partial charge in [0.15, 0.2) is 5.03 Å². The van der Waals surface area contributed by atoms with Crippen LogP contribution in [0.4, 0.5) is 0 Å². The Bertz CT molecular complexity index is 1030. The number of nitrogens with zero attached hydrogens (tertiary/aromatic N) is 2. The molecule has 3 aliphatic carbocycles. The number of nitrogens with two attached hydrogens (primary N) is 1. The first-order valence-electron chi connectivity index (χ1n) is 16.8. The minimum atomic E-state index is -0.793. The Balaban J connectivity index is 1.68. The maximum Gasteiger partial charge on any atom is 0.481 e. The van der Waals surface area contributed by atoms with Crippen molar-refractivity contribution in [1.29, 1.82) is 0 Å². The highest BCUT2D eigenvalue weighted by Crippen LogP contribution is 2.65. The maximum atomic E-state index is 13.8. The van der Waals surface area contributed by atoms with E-state index in [-0.39, 0.29) is 53.3 Å². The minimum absolute atomic E-state index is 0.00153. The number of nitro groups is 1. The topological polar surface area (TPSA) is 170 Å². The van der Waals surface area contributed by atoms with E-state index >= 15 is 0 Å². The smallest absolute Gasteiger partial charge is 0.404 e. The Kier molecular flexibility index (Phi) is 12.9. The molecule has 3 saturated carbocycles. The first kappa shape index (κ1) is 36.1. The number of carbonyl (C=O) groups is 2. The fourth-order valence-corrected chi connectivity index (χ4v) is 7.64. The molecule has 0 aromatic carbocycles. The van der Waals surface area contributed by atoms with Gasteiger partial charge in [0.1, 0.15) is 6.04 Å². The largest absolute Gasteiger partial charge is 0.481 e. The standard InChI is InChI=1S/C31H57BN6O6/c1-8-10-12-21(9-2)14-15-27(39)35-23(13-11-16-34-29(33)37-38(41)42)28(40)36-26(17-20(3)4)32-43-25-19-22-18-24(30(22,5)6)31(25,7)44-32/h20-26H,8-19H2,1-7H3,(H,35,39)(H,36,40)(H3,33,34,37)/t21?,22-,23+,24-,25-,26+,31+/m1/s1. The zero-order valence-corrected chi connectivity index (χ0v) is 28.0. The van der Waals surface area contributed by atoms with Crippen LogP contribution in [0.2, 0.25) is 0 Å². The molecule has 4 aliphatic rings. The third-order valence-electron chi connectivity index (χ3n) is 10.5. The lowest BCUT2D eigenvalue weighted by atomic mass is 9.43. The quantitative estimate of drug-likeness (QED) is 0.0442. The summed E-state index contributed by atoms with van der Waals surface area (Å²) >= 11 is 0. The molecule has 0 radical (unpaired) electrons. The van der Waals surface area contributed by atoms with Crippen LogP contribution in [0.25, 0.3) is 0 Å². The van der Waals surface area contributed by atoms with E-state index < -0.39 is 18.2 Å². The molecule has 0 spiro atoms. The molecule has 44 heavy (non-hydrogen) atoms. The number of rotatable bonds is 18. The molecule has 1 heterocycles. The zero-order chi connectivity index (χ0) is 32.7. The molecule has 12 nitrogen and oxygen atoms in total. The summed E-state index contributed by atoms with van der Waals surface area (Å²) in [6.45, 7) is 15.5. The van der Waals surface area contributed by atoms with Crippen molar-refractivity contribution in [2.75, 3.05) is 6.54 Å². The second-order valence-electron chi connectivity index (χ2n) is 14.4. The van der Waals surface area contributed by atoms with Gasteiger partial charge in [0.25, 0.3) is 5.96 Å². The Hall–Kier alpha value is -2.41. The summed E-state index contributed by atoms with van der Waals surface area (Å²) in [4.78, 5) is 41.5. The van der Waals surface area contributed by atoms with Crippen molar-refractivity contribution < 1.29 is 23.9 Å². The van der Waals surface area contributed by atoms with Crippen LogP contribution in [0.15, 0.2) is 4.99 Å². The molecule has 1 saturated heterocycles. The third kappa shape index (κ3) is 9.08. The van der Waals surface area contributed by atoms with E-state index in [9.17, 15) is 19.7 Å². The highest BCUT2D eigenvalue weighted by Gasteiger charge is 2.68. The summed E-state index contributed by atoms with van der Waals surface area (Å²) in [6, 6.07) is -0.793. The number of nitrogens with one attached hydrogen (secondary N) is 3. The second kappa shape index (κ2) is 15.7. The van der Waals surface area contributed by atoms with Crippen molar-refractivity contribution in [1.82, 2.24) is 16.1 Å². The molecule has 2 amide bonds. The van der Waals surface area contributed by atoms with Gasteiger partial charge in [-0.25, -0.2) is 15.1 Å². The van der Waals surface area contributed by atoms with E-state index in [1.165, 1.54) is 0 Å². The number of guanidine groups is 1. The SMILES string of the molecule is CCCCC(CC)CCC(=O)N[C@@H](CCCN=C(N)N[N+](=O)[O-])C(=O)N[C@@H](CC(C)C)B1O[C@@H]2C[C@H]3C[C@H](C3(C)C)[C@]2(C)O1. The van der Waals surface area contributed by atoms with Gasteiger partial charge in [0.05, 0.1) is 17.6 Å². The van der Waals surface area contributed by atoms with Crippen LogP contribution in [0, 0.1) is 39.2 Å². The molecule has 250 valence electrons. The van der Waals surface area contributed by atoms with Crippen molar-refractivity contribution in [2.24, 2.45) is 39.8 Å². The Morgan fingerprint density at radius 2 is 1.84 bits per heavy atom. The lowest BCUT2D eigenvalue weighted by molar-refractivity contribution is -0.525. The Morgan fingerprint density at radius 1 is 1.11 bits per heavy atom. The van der Waals surface area contributed by atoms with E-state index in [1.807, 2.05) is 5.43 Å². The summed E-state index contributed by atoms with van der Waals surface area (Å²) in [6.07, 6.45) is 8.99.